The molecule has 0 aromatic carbocycles. The fraction of sp³-hybridized carbons (Fsp3) is 1.00. The SMILES string of the molecule is CC(C)C1CCCCC1(O)COCCS(C)(=O)=O. The Balaban J connectivity index is 2.46. The number of ether oxygens (including phenoxy) is 1. The largest absolute Gasteiger partial charge is 0.387 e. The molecule has 1 aliphatic carbocycles. The van der Waals surface area contributed by atoms with Gasteiger partial charge in [0.25, 0.3) is 0 Å². The third kappa shape index (κ3) is 4.86. The number of aliphatic hydroxyl groups is 1. The highest BCUT2D eigenvalue weighted by atomic mass is 32.2. The number of sulfone groups is 1. The topological polar surface area (TPSA) is 63.6 Å². The van der Waals surface area contributed by atoms with Crippen molar-refractivity contribution < 1.29 is 18.3 Å². The fourth-order valence-corrected chi connectivity index (χ4v) is 3.26. The Hall–Kier alpha value is -0.130. The van der Waals surface area contributed by atoms with Gasteiger partial charge in [0.1, 0.15) is 9.84 Å². The zero-order valence-corrected chi connectivity index (χ0v) is 12.5. The van der Waals surface area contributed by atoms with Crippen LogP contribution in [0.15, 0.2) is 0 Å². The lowest BCUT2D eigenvalue weighted by molar-refractivity contribution is -0.115. The molecule has 2 atom stereocenters. The molecule has 1 saturated carbocycles. The van der Waals surface area contributed by atoms with Gasteiger partial charge in [0.05, 0.1) is 24.6 Å². The number of hydrogen-bond acceptors (Lipinski definition) is 4. The summed E-state index contributed by atoms with van der Waals surface area (Å²) in [7, 11) is -2.98. The van der Waals surface area contributed by atoms with E-state index in [9.17, 15) is 13.5 Å². The molecule has 5 heteroatoms. The van der Waals surface area contributed by atoms with E-state index in [1.807, 2.05) is 0 Å². The molecule has 1 aliphatic rings. The van der Waals surface area contributed by atoms with Gasteiger partial charge in [0.15, 0.2) is 0 Å². The van der Waals surface area contributed by atoms with Crippen molar-refractivity contribution in [3.63, 3.8) is 0 Å². The summed E-state index contributed by atoms with van der Waals surface area (Å²) in [6, 6.07) is 0. The summed E-state index contributed by atoms with van der Waals surface area (Å²) in [6.07, 6.45) is 5.17. The van der Waals surface area contributed by atoms with E-state index in [0.717, 1.165) is 25.7 Å². The van der Waals surface area contributed by atoms with Crippen LogP contribution in [0.1, 0.15) is 39.5 Å². The van der Waals surface area contributed by atoms with Crippen molar-refractivity contribution in [2.45, 2.75) is 45.1 Å². The van der Waals surface area contributed by atoms with Crippen molar-refractivity contribution in [1.29, 1.82) is 0 Å². The van der Waals surface area contributed by atoms with E-state index < -0.39 is 15.4 Å². The minimum atomic E-state index is -2.98. The van der Waals surface area contributed by atoms with Gasteiger partial charge in [-0.3, -0.25) is 0 Å². The highest BCUT2D eigenvalue weighted by molar-refractivity contribution is 7.90. The van der Waals surface area contributed by atoms with E-state index in [0.29, 0.717) is 5.92 Å². The lowest BCUT2D eigenvalue weighted by Crippen LogP contribution is -2.47. The fourth-order valence-electron chi connectivity index (χ4n) is 2.84. The molecule has 108 valence electrons. The molecular formula is C13H26O4S. The molecule has 1 fully saturated rings. The van der Waals surface area contributed by atoms with Crippen LogP contribution >= 0.6 is 0 Å². The summed E-state index contributed by atoms with van der Waals surface area (Å²) in [6.45, 7) is 4.67. The molecule has 18 heavy (non-hydrogen) atoms. The maximum atomic E-state index is 11.0. The van der Waals surface area contributed by atoms with E-state index in [-0.39, 0.29) is 24.9 Å². The van der Waals surface area contributed by atoms with E-state index >= 15 is 0 Å². The molecule has 0 radical (unpaired) electrons. The van der Waals surface area contributed by atoms with Crippen molar-refractivity contribution in [2.24, 2.45) is 11.8 Å². The highest BCUT2D eigenvalue weighted by Crippen LogP contribution is 2.38. The molecule has 0 aromatic rings. The zero-order chi connectivity index (χ0) is 13.8. The Labute approximate surface area is 111 Å². The lowest BCUT2D eigenvalue weighted by atomic mass is 9.70. The molecule has 4 nitrogen and oxygen atoms in total. The number of rotatable bonds is 6. The van der Waals surface area contributed by atoms with Crippen molar-refractivity contribution in [3.05, 3.63) is 0 Å². The maximum Gasteiger partial charge on any atom is 0.149 e. The Morgan fingerprint density at radius 3 is 2.61 bits per heavy atom. The molecule has 1 rings (SSSR count). The van der Waals surface area contributed by atoms with Crippen LogP contribution in [0.2, 0.25) is 0 Å². The third-order valence-electron chi connectivity index (χ3n) is 3.82. The van der Waals surface area contributed by atoms with Gasteiger partial charge in [-0.05, 0) is 24.7 Å². The molecule has 0 heterocycles. The highest BCUT2D eigenvalue weighted by Gasteiger charge is 2.40. The Morgan fingerprint density at radius 2 is 2.06 bits per heavy atom. The van der Waals surface area contributed by atoms with Gasteiger partial charge >= 0.3 is 0 Å². The summed E-state index contributed by atoms with van der Waals surface area (Å²) in [5, 5.41) is 10.7. The molecule has 0 bridgehead atoms. The quantitative estimate of drug-likeness (QED) is 0.750. The van der Waals surface area contributed by atoms with Gasteiger partial charge in [-0.1, -0.05) is 26.7 Å². The van der Waals surface area contributed by atoms with Crippen molar-refractivity contribution in [3.8, 4) is 0 Å². The predicted octanol–water partition coefficient (Wildman–Crippen LogP) is 1.62. The van der Waals surface area contributed by atoms with Crippen LogP contribution in [-0.4, -0.2) is 44.3 Å². The van der Waals surface area contributed by atoms with Crippen LogP contribution in [0.3, 0.4) is 0 Å². The summed E-state index contributed by atoms with van der Waals surface area (Å²) in [5.41, 5.74) is -0.774. The van der Waals surface area contributed by atoms with E-state index in [2.05, 4.69) is 13.8 Å². The average molecular weight is 278 g/mol. The molecule has 0 aliphatic heterocycles. The molecule has 2 unspecified atom stereocenters. The minimum Gasteiger partial charge on any atom is -0.387 e. The molecule has 0 amide bonds. The predicted molar refractivity (Wildman–Crippen MR) is 72.3 cm³/mol. The summed E-state index contributed by atoms with van der Waals surface area (Å²) in [5.74, 6) is 0.702. The summed E-state index contributed by atoms with van der Waals surface area (Å²) >= 11 is 0. The van der Waals surface area contributed by atoms with Crippen LogP contribution < -0.4 is 0 Å². The average Bonchev–Trinajstić information content (AvgIpc) is 2.23. The van der Waals surface area contributed by atoms with E-state index in [4.69, 9.17) is 4.74 Å². The minimum absolute atomic E-state index is 0.0232. The summed E-state index contributed by atoms with van der Waals surface area (Å²) < 4.78 is 27.4. The third-order valence-corrected chi connectivity index (χ3v) is 4.73. The second kappa shape index (κ2) is 6.35. The standard InChI is InChI=1S/C13H26O4S/c1-11(2)12-6-4-5-7-13(12,14)10-17-8-9-18(3,15)16/h11-12,14H,4-10H2,1-3H3. The zero-order valence-electron chi connectivity index (χ0n) is 11.7. The normalized spacial score (nSPS) is 29.7. The van der Waals surface area contributed by atoms with Gasteiger partial charge in [-0.15, -0.1) is 0 Å². The van der Waals surface area contributed by atoms with E-state index in [1.165, 1.54) is 6.26 Å². The Kier molecular flexibility index (Phi) is 5.62. The molecule has 1 N–H and O–H groups in total. The first-order valence-electron chi connectivity index (χ1n) is 6.72. The van der Waals surface area contributed by atoms with Crippen LogP contribution in [0.25, 0.3) is 0 Å². The second-order valence-electron chi connectivity index (χ2n) is 5.88. The van der Waals surface area contributed by atoms with Gasteiger partial charge < -0.3 is 9.84 Å². The van der Waals surface area contributed by atoms with E-state index in [1.54, 1.807) is 0 Å². The smallest absolute Gasteiger partial charge is 0.149 e. The van der Waals surface area contributed by atoms with Crippen molar-refractivity contribution in [2.75, 3.05) is 25.2 Å². The van der Waals surface area contributed by atoms with Crippen LogP contribution in [0.4, 0.5) is 0 Å². The molecule has 0 aromatic heterocycles. The van der Waals surface area contributed by atoms with Crippen LogP contribution in [-0.2, 0) is 14.6 Å². The molecule has 0 saturated heterocycles. The first kappa shape index (κ1) is 15.9. The maximum absolute atomic E-state index is 11.0. The van der Waals surface area contributed by atoms with Gasteiger partial charge in [-0.25, -0.2) is 8.42 Å². The van der Waals surface area contributed by atoms with Crippen LogP contribution in [0.5, 0.6) is 0 Å². The monoisotopic (exact) mass is 278 g/mol. The Morgan fingerprint density at radius 1 is 1.39 bits per heavy atom. The van der Waals surface area contributed by atoms with Crippen molar-refractivity contribution >= 4 is 9.84 Å². The van der Waals surface area contributed by atoms with Gasteiger partial charge in [0, 0.05) is 6.26 Å². The lowest BCUT2D eigenvalue weighted by Gasteiger charge is -2.42. The first-order valence-corrected chi connectivity index (χ1v) is 8.78. The molecular weight excluding hydrogens is 252 g/mol. The van der Waals surface area contributed by atoms with Crippen molar-refractivity contribution in [1.82, 2.24) is 0 Å². The molecule has 0 spiro atoms. The second-order valence-corrected chi connectivity index (χ2v) is 8.14. The first-order chi connectivity index (χ1) is 8.25. The van der Waals surface area contributed by atoms with Gasteiger partial charge in [0.2, 0.25) is 0 Å². The van der Waals surface area contributed by atoms with Gasteiger partial charge in [-0.2, -0.15) is 0 Å². The Bertz CT molecular complexity index is 350. The summed E-state index contributed by atoms with van der Waals surface area (Å²) in [4.78, 5) is 0. The van der Waals surface area contributed by atoms with Crippen LogP contribution in [0, 0.1) is 11.8 Å². The number of hydrogen-bond donors (Lipinski definition) is 1.